The van der Waals surface area contributed by atoms with Gasteiger partial charge in [0, 0.05) is 6.42 Å². The summed E-state index contributed by atoms with van der Waals surface area (Å²) in [6, 6.07) is 0. The first-order valence-electron chi connectivity index (χ1n) is 15.4. The summed E-state index contributed by atoms with van der Waals surface area (Å²) in [4.78, 5) is 10.3. The number of unbranched alkanes of at least 4 members (excludes halogenated alkanes) is 23. The summed E-state index contributed by atoms with van der Waals surface area (Å²) >= 11 is 0. The minimum Gasteiger partial charge on any atom is -0.481 e. The first-order valence-corrected chi connectivity index (χ1v) is 16.8. The number of hydrogen-bond donors (Lipinski definition) is 3. The van der Waals surface area contributed by atoms with Crippen molar-refractivity contribution < 1.29 is 57.0 Å². The molecule has 0 aromatic heterocycles. The zero-order valence-corrected chi connectivity index (χ0v) is 28.4. The molecule has 0 atom stereocenters. The molecule has 0 fully saturated rings. The molecule has 0 aliphatic carbocycles. The zero-order chi connectivity index (χ0) is 28.5. The average molecular weight is 575 g/mol. The second-order valence-electron chi connectivity index (χ2n) is 10.2. The summed E-state index contributed by atoms with van der Waals surface area (Å²) in [5.74, 6) is -0.653. The molecular formula is C30H63NaO6S. The van der Waals surface area contributed by atoms with E-state index in [1.807, 2.05) is 0 Å². The third-order valence-corrected chi connectivity index (χ3v) is 6.35. The number of aliphatic carboxylic acids is 1. The van der Waals surface area contributed by atoms with Crippen molar-refractivity contribution in [1.29, 1.82) is 0 Å². The van der Waals surface area contributed by atoms with E-state index in [4.69, 9.17) is 22.6 Å². The van der Waals surface area contributed by atoms with Gasteiger partial charge in [-0.2, -0.15) is 14.8 Å². The second kappa shape index (κ2) is 39.5. The predicted molar refractivity (Wildman–Crippen MR) is 159 cm³/mol. The topological polar surface area (TPSA) is 112 Å². The third-order valence-electron chi connectivity index (χ3n) is 6.35. The van der Waals surface area contributed by atoms with Crippen molar-refractivity contribution in [1.82, 2.24) is 0 Å². The Morgan fingerprint density at radius 2 is 0.737 bits per heavy atom. The molecule has 0 aliphatic heterocycles. The SMILES string of the molecule is CCCCCCCCCCCCCCCCCC(=O)O.O=S(=O)(O)O.[CH2-]CCCCCCCCCCC.[Na+]. The summed E-state index contributed by atoms with van der Waals surface area (Å²) in [5, 5.41) is 8.52. The van der Waals surface area contributed by atoms with Gasteiger partial charge >= 0.3 is 45.9 Å². The van der Waals surface area contributed by atoms with Crippen molar-refractivity contribution in [2.75, 3.05) is 0 Å². The molecule has 0 saturated heterocycles. The molecule has 0 bridgehead atoms. The molecule has 3 N–H and O–H groups in total. The van der Waals surface area contributed by atoms with Gasteiger partial charge in [-0.3, -0.25) is 13.9 Å². The van der Waals surface area contributed by atoms with Crippen molar-refractivity contribution in [2.45, 2.75) is 181 Å². The maximum Gasteiger partial charge on any atom is 1.00 e. The third kappa shape index (κ3) is 65.4. The molecule has 38 heavy (non-hydrogen) atoms. The fourth-order valence-electron chi connectivity index (χ4n) is 4.13. The largest absolute Gasteiger partial charge is 1.00 e. The molecule has 6 nitrogen and oxygen atoms in total. The smallest absolute Gasteiger partial charge is 0.481 e. The predicted octanol–water partition coefficient (Wildman–Crippen LogP) is 7.43. The maximum absolute atomic E-state index is 10.3. The van der Waals surface area contributed by atoms with Crippen LogP contribution < -0.4 is 29.6 Å². The number of hydrogen-bond acceptors (Lipinski definition) is 3. The van der Waals surface area contributed by atoms with E-state index in [1.165, 1.54) is 141 Å². The van der Waals surface area contributed by atoms with E-state index in [1.54, 1.807) is 0 Å². The van der Waals surface area contributed by atoms with Gasteiger partial charge < -0.3 is 12.0 Å². The van der Waals surface area contributed by atoms with Crippen LogP contribution in [0.3, 0.4) is 0 Å². The Labute approximate surface area is 259 Å². The van der Waals surface area contributed by atoms with Crippen LogP contribution in [0.5, 0.6) is 0 Å². The van der Waals surface area contributed by atoms with Gasteiger partial charge in [0.15, 0.2) is 0 Å². The molecule has 0 aliphatic rings. The Morgan fingerprint density at radius 1 is 0.526 bits per heavy atom. The van der Waals surface area contributed by atoms with E-state index < -0.39 is 16.4 Å². The standard InChI is InChI=1S/C18H36O2.C12H25.Na.H2O4S/c1-2-3-4-5-6-7-8-9-10-11-12-13-14-15-16-17-18(19)20;1-3-5-7-9-11-12-10-8-6-4-2;;1-5(2,3)4/h2-17H2,1H3,(H,19,20);1,3-12H2,2H3;;(H2,1,2,3,4)/q;-1;+1;. The van der Waals surface area contributed by atoms with Gasteiger partial charge in [0.1, 0.15) is 0 Å². The average Bonchev–Trinajstić information content (AvgIpc) is 2.82. The van der Waals surface area contributed by atoms with Gasteiger partial charge in [0.2, 0.25) is 0 Å². The molecule has 226 valence electrons. The fraction of sp³-hybridized carbons (Fsp3) is 0.933. The molecule has 0 unspecified atom stereocenters. The van der Waals surface area contributed by atoms with Crippen molar-refractivity contribution in [3.05, 3.63) is 6.92 Å². The quantitative estimate of drug-likeness (QED) is 0.0452. The minimum absolute atomic E-state index is 0. The van der Waals surface area contributed by atoms with Crippen LogP contribution in [-0.4, -0.2) is 28.6 Å². The number of carboxylic acid groups (broad SMARTS) is 1. The van der Waals surface area contributed by atoms with Gasteiger partial charge in [-0.1, -0.05) is 162 Å². The van der Waals surface area contributed by atoms with E-state index in [9.17, 15) is 4.79 Å². The van der Waals surface area contributed by atoms with Crippen LogP contribution in [0.2, 0.25) is 0 Å². The molecule has 0 radical (unpaired) electrons. The maximum atomic E-state index is 10.3. The summed E-state index contributed by atoms with van der Waals surface area (Å²) < 4.78 is 31.6. The van der Waals surface area contributed by atoms with Crippen LogP contribution in [-0.2, 0) is 15.2 Å². The summed E-state index contributed by atoms with van der Waals surface area (Å²) in [7, 11) is -4.67. The summed E-state index contributed by atoms with van der Waals surface area (Å²) in [5.41, 5.74) is 0. The Morgan fingerprint density at radius 3 is 0.947 bits per heavy atom. The van der Waals surface area contributed by atoms with Crippen molar-refractivity contribution in [3.8, 4) is 0 Å². The van der Waals surface area contributed by atoms with E-state index in [-0.39, 0.29) is 29.6 Å². The van der Waals surface area contributed by atoms with E-state index in [2.05, 4.69) is 20.8 Å². The van der Waals surface area contributed by atoms with E-state index in [0.717, 1.165) is 19.3 Å². The molecule has 8 heteroatoms. The Balaban J connectivity index is -0.000000272. The molecule has 0 saturated carbocycles. The molecule has 0 rings (SSSR count). The van der Waals surface area contributed by atoms with Gasteiger partial charge in [-0.25, -0.2) is 0 Å². The normalized spacial score (nSPS) is 10.6. The van der Waals surface area contributed by atoms with Gasteiger partial charge in [-0.05, 0) is 6.42 Å². The van der Waals surface area contributed by atoms with Crippen LogP contribution >= 0.6 is 0 Å². The summed E-state index contributed by atoms with van der Waals surface area (Å²) in [6.45, 7) is 8.39. The fourth-order valence-corrected chi connectivity index (χ4v) is 4.13. The van der Waals surface area contributed by atoms with Crippen molar-refractivity contribution >= 4 is 16.4 Å². The second-order valence-corrected chi connectivity index (χ2v) is 11.1. The van der Waals surface area contributed by atoms with Crippen LogP contribution in [0.15, 0.2) is 0 Å². The molecule has 0 spiro atoms. The van der Waals surface area contributed by atoms with E-state index >= 15 is 0 Å². The first-order chi connectivity index (χ1) is 17.7. The van der Waals surface area contributed by atoms with Gasteiger partial charge in [0.05, 0.1) is 0 Å². The molecular weight excluding hydrogens is 511 g/mol. The number of carboxylic acids is 1. The van der Waals surface area contributed by atoms with E-state index in [0.29, 0.717) is 6.42 Å². The van der Waals surface area contributed by atoms with Crippen LogP contribution in [0.25, 0.3) is 0 Å². The number of rotatable bonds is 25. The van der Waals surface area contributed by atoms with Crippen LogP contribution in [0.1, 0.15) is 181 Å². The number of carbonyl (C=O) groups is 1. The first kappa shape index (κ1) is 45.3. The van der Waals surface area contributed by atoms with Crippen molar-refractivity contribution in [2.24, 2.45) is 0 Å². The molecule has 0 amide bonds. The Bertz CT molecular complexity index is 511. The molecule has 0 aromatic rings. The Hall–Kier alpha value is 0.340. The van der Waals surface area contributed by atoms with Gasteiger partial charge in [-0.15, -0.1) is 0 Å². The zero-order valence-electron chi connectivity index (χ0n) is 25.6. The molecule has 0 heterocycles. The van der Waals surface area contributed by atoms with Gasteiger partial charge in [0.25, 0.3) is 0 Å². The molecule has 0 aromatic carbocycles. The Kier molecular flexibility index (Phi) is 47.1. The minimum atomic E-state index is -4.67. The van der Waals surface area contributed by atoms with Crippen molar-refractivity contribution in [3.63, 3.8) is 0 Å². The summed E-state index contributed by atoms with van der Waals surface area (Å²) in [6.07, 6.45) is 34.1. The van der Waals surface area contributed by atoms with Crippen LogP contribution in [0, 0.1) is 6.92 Å². The van der Waals surface area contributed by atoms with Crippen LogP contribution in [0.4, 0.5) is 0 Å². The monoisotopic (exact) mass is 574 g/mol.